The fraction of sp³-hybridized carbons (Fsp3) is 0.611. The molecule has 0 aliphatic heterocycles. The van der Waals surface area contributed by atoms with Gasteiger partial charge >= 0.3 is 0 Å². The number of sulfonamides is 1. The zero-order valence-electron chi connectivity index (χ0n) is 14.9. The van der Waals surface area contributed by atoms with Gasteiger partial charge in [-0.25, -0.2) is 18.1 Å². The second-order valence-corrected chi connectivity index (χ2v) is 10.0. The second-order valence-electron chi connectivity index (χ2n) is 7.02. The van der Waals surface area contributed by atoms with Crippen LogP contribution in [0.2, 0.25) is 0 Å². The lowest BCUT2D eigenvalue weighted by atomic mass is 9.86. The van der Waals surface area contributed by atoms with Gasteiger partial charge in [-0.05, 0) is 63.1 Å². The largest absolute Gasteiger partial charge is 0.385 e. The standard InChI is InChI=1S/C18H27N3O2S2/c1-3-13(2)25(22,23)21-15-6-4-14(5-7-15)11-19-16-8-9-17-18(10-16)24-12-20-17/h8-10,12-15,19,21H,3-7,11H2,1-2H3. The fourth-order valence-electron chi connectivity index (χ4n) is 3.28. The Morgan fingerprint density at radius 3 is 2.76 bits per heavy atom. The van der Waals surface area contributed by atoms with Gasteiger partial charge in [0.1, 0.15) is 0 Å². The van der Waals surface area contributed by atoms with Crippen molar-refractivity contribution in [3.05, 3.63) is 23.7 Å². The first kappa shape index (κ1) is 18.6. The lowest BCUT2D eigenvalue weighted by molar-refractivity contribution is 0.323. The molecule has 3 rings (SSSR count). The highest BCUT2D eigenvalue weighted by Gasteiger charge is 2.27. The quantitative estimate of drug-likeness (QED) is 0.761. The zero-order valence-corrected chi connectivity index (χ0v) is 16.5. The molecule has 0 radical (unpaired) electrons. The number of fused-ring (bicyclic) bond motifs is 1. The highest BCUT2D eigenvalue weighted by molar-refractivity contribution is 7.90. The molecule has 0 spiro atoms. The number of nitrogens with zero attached hydrogens (tertiary/aromatic N) is 1. The van der Waals surface area contributed by atoms with Crippen molar-refractivity contribution in [3.63, 3.8) is 0 Å². The Morgan fingerprint density at radius 1 is 1.28 bits per heavy atom. The van der Waals surface area contributed by atoms with E-state index in [0.717, 1.165) is 43.4 Å². The molecule has 0 bridgehead atoms. The molecule has 2 N–H and O–H groups in total. The summed E-state index contributed by atoms with van der Waals surface area (Å²) in [6.07, 6.45) is 4.62. The van der Waals surface area contributed by atoms with E-state index in [1.165, 1.54) is 4.70 Å². The molecule has 0 saturated heterocycles. The summed E-state index contributed by atoms with van der Waals surface area (Å²) in [7, 11) is -3.17. The molecule has 1 fully saturated rings. The topological polar surface area (TPSA) is 71.1 Å². The Labute approximate surface area is 154 Å². The molecule has 2 aromatic rings. The van der Waals surface area contributed by atoms with Crippen molar-refractivity contribution in [1.29, 1.82) is 0 Å². The molecular formula is C18H27N3O2S2. The molecule has 25 heavy (non-hydrogen) atoms. The summed E-state index contributed by atoms with van der Waals surface area (Å²) in [6, 6.07) is 6.38. The fourth-order valence-corrected chi connectivity index (χ4v) is 5.37. The van der Waals surface area contributed by atoms with Crippen LogP contribution < -0.4 is 10.0 Å². The Hall–Kier alpha value is -1.18. The summed E-state index contributed by atoms with van der Waals surface area (Å²) < 4.78 is 28.5. The molecule has 1 heterocycles. The number of hydrogen-bond donors (Lipinski definition) is 2. The van der Waals surface area contributed by atoms with Gasteiger partial charge in [0.05, 0.1) is 21.0 Å². The molecule has 1 unspecified atom stereocenters. The van der Waals surface area contributed by atoms with Gasteiger partial charge in [-0.1, -0.05) is 6.92 Å². The monoisotopic (exact) mass is 381 g/mol. The van der Waals surface area contributed by atoms with E-state index in [4.69, 9.17) is 0 Å². The molecule has 1 aliphatic rings. The first-order valence-corrected chi connectivity index (χ1v) is 11.5. The van der Waals surface area contributed by atoms with Gasteiger partial charge in [-0.15, -0.1) is 11.3 Å². The molecule has 0 amide bonds. The van der Waals surface area contributed by atoms with Crippen LogP contribution in [0.5, 0.6) is 0 Å². The minimum absolute atomic E-state index is 0.101. The minimum Gasteiger partial charge on any atom is -0.385 e. The van der Waals surface area contributed by atoms with Gasteiger partial charge < -0.3 is 5.32 Å². The summed E-state index contributed by atoms with van der Waals surface area (Å²) in [5, 5.41) is 3.22. The number of hydrogen-bond acceptors (Lipinski definition) is 5. The van der Waals surface area contributed by atoms with Gasteiger partial charge in [-0.3, -0.25) is 0 Å². The molecule has 7 heteroatoms. The van der Waals surface area contributed by atoms with Gasteiger partial charge in [0.2, 0.25) is 10.0 Å². The van der Waals surface area contributed by atoms with E-state index in [9.17, 15) is 8.42 Å². The summed E-state index contributed by atoms with van der Waals surface area (Å²) in [5.74, 6) is 0.599. The van der Waals surface area contributed by atoms with Crippen molar-refractivity contribution in [3.8, 4) is 0 Å². The Morgan fingerprint density at radius 2 is 2.04 bits per heavy atom. The zero-order chi connectivity index (χ0) is 17.9. The highest BCUT2D eigenvalue weighted by atomic mass is 32.2. The molecule has 1 aromatic heterocycles. The summed E-state index contributed by atoms with van der Waals surface area (Å²) in [5.41, 5.74) is 4.05. The van der Waals surface area contributed by atoms with Crippen molar-refractivity contribution < 1.29 is 8.42 Å². The summed E-state index contributed by atoms with van der Waals surface area (Å²) in [4.78, 5) is 4.30. The number of anilines is 1. The Bertz CT molecular complexity index is 796. The number of nitrogens with one attached hydrogen (secondary N) is 2. The average molecular weight is 382 g/mol. The van der Waals surface area contributed by atoms with Crippen molar-refractivity contribution in [2.75, 3.05) is 11.9 Å². The van der Waals surface area contributed by atoms with E-state index < -0.39 is 10.0 Å². The van der Waals surface area contributed by atoms with Crippen LogP contribution in [0.25, 0.3) is 10.2 Å². The number of rotatable bonds is 7. The highest BCUT2D eigenvalue weighted by Crippen LogP contribution is 2.27. The molecule has 1 saturated carbocycles. The third-order valence-corrected chi connectivity index (χ3v) is 8.05. The lowest BCUT2D eigenvalue weighted by Crippen LogP contribution is -2.42. The molecule has 1 atom stereocenters. The van der Waals surface area contributed by atoms with E-state index >= 15 is 0 Å². The van der Waals surface area contributed by atoms with E-state index in [1.807, 2.05) is 12.4 Å². The third-order valence-electron chi connectivity index (χ3n) is 5.21. The SMILES string of the molecule is CCC(C)S(=O)(=O)NC1CCC(CNc2ccc3ncsc3c2)CC1. The van der Waals surface area contributed by atoms with Crippen LogP contribution in [0.15, 0.2) is 23.7 Å². The van der Waals surface area contributed by atoms with Crippen LogP contribution in [0.3, 0.4) is 0 Å². The number of aromatic nitrogens is 1. The lowest BCUT2D eigenvalue weighted by Gasteiger charge is -2.30. The van der Waals surface area contributed by atoms with Gasteiger partial charge in [-0.2, -0.15) is 0 Å². The maximum absolute atomic E-state index is 12.2. The van der Waals surface area contributed by atoms with Crippen LogP contribution in [-0.2, 0) is 10.0 Å². The predicted octanol–water partition coefficient (Wildman–Crippen LogP) is 3.98. The molecule has 5 nitrogen and oxygen atoms in total. The van der Waals surface area contributed by atoms with E-state index in [-0.39, 0.29) is 11.3 Å². The maximum atomic E-state index is 12.2. The van der Waals surface area contributed by atoms with Crippen molar-refractivity contribution in [1.82, 2.24) is 9.71 Å². The van der Waals surface area contributed by atoms with Crippen molar-refractivity contribution in [2.45, 2.75) is 57.2 Å². The normalized spacial score (nSPS) is 22.8. The summed E-state index contributed by atoms with van der Waals surface area (Å²) in [6.45, 7) is 4.63. The van der Waals surface area contributed by atoms with Crippen LogP contribution in [0, 0.1) is 5.92 Å². The van der Waals surface area contributed by atoms with Gasteiger partial charge in [0.15, 0.2) is 0 Å². The smallest absolute Gasteiger partial charge is 0.214 e. The van der Waals surface area contributed by atoms with Gasteiger partial charge in [0.25, 0.3) is 0 Å². The molecule has 138 valence electrons. The minimum atomic E-state index is -3.17. The first-order valence-electron chi connectivity index (χ1n) is 9.06. The average Bonchev–Trinajstić information content (AvgIpc) is 3.07. The number of benzene rings is 1. The third kappa shape index (κ3) is 4.71. The van der Waals surface area contributed by atoms with Gasteiger partial charge in [0, 0.05) is 18.3 Å². The van der Waals surface area contributed by atoms with E-state index in [1.54, 1.807) is 18.3 Å². The second kappa shape index (κ2) is 8.01. The number of thiazole rings is 1. The van der Waals surface area contributed by atoms with E-state index in [0.29, 0.717) is 12.3 Å². The van der Waals surface area contributed by atoms with Crippen molar-refractivity contribution in [2.24, 2.45) is 5.92 Å². The van der Waals surface area contributed by atoms with E-state index in [2.05, 4.69) is 33.2 Å². The van der Waals surface area contributed by atoms with Crippen LogP contribution >= 0.6 is 11.3 Å². The van der Waals surface area contributed by atoms with Crippen LogP contribution in [0.4, 0.5) is 5.69 Å². The van der Waals surface area contributed by atoms with Crippen LogP contribution in [0.1, 0.15) is 46.0 Å². The van der Waals surface area contributed by atoms with Crippen LogP contribution in [-0.4, -0.2) is 31.2 Å². The Balaban J connectivity index is 1.46. The molecular weight excluding hydrogens is 354 g/mol. The molecule has 1 aliphatic carbocycles. The molecule has 1 aromatic carbocycles. The van der Waals surface area contributed by atoms with Crippen molar-refractivity contribution >= 4 is 37.3 Å². The first-order chi connectivity index (χ1) is 12.0. The predicted molar refractivity (Wildman–Crippen MR) is 106 cm³/mol. The Kier molecular flexibility index (Phi) is 5.96. The maximum Gasteiger partial charge on any atom is 0.214 e. The summed E-state index contributed by atoms with van der Waals surface area (Å²) >= 11 is 1.66.